The van der Waals surface area contributed by atoms with Crippen molar-refractivity contribution in [1.29, 1.82) is 0 Å². The third-order valence-electron chi connectivity index (χ3n) is 3.51. The van der Waals surface area contributed by atoms with Gasteiger partial charge < -0.3 is 14.9 Å². The molecule has 0 bridgehead atoms. The van der Waals surface area contributed by atoms with Gasteiger partial charge in [0.15, 0.2) is 0 Å². The Hall–Kier alpha value is 0.352. The molecule has 0 aromatic rings. The number of allylic oxidation sites excluding steroid dienone is 2. The fourth-order valence-electron chi connectivity index (χ4n) is 2.37. The van der Waals surface area contributed by atoms with E-state index in [1.165, 1.54) is 6.92 Å². The predicted octanol–water partition coefficient (Wildman–Crippen LogP) is 3.74. The van der Waals surface area contributed by atoms with Gasteiger partial charge >= 0.3 is 7.60 Å². The Kier molecular flexibility index (Phi) is 9.77. The van der Waals surface area contributed by atoms with Crippen LogP contribution in [0.2, 0.25) is 0 Å². The standard InChI is InChI=1S/C12H25O4P.Re/c1-5-8-9-11(10(4)13)12(6-2,7-3)17(14,15)16;/h13H,5-9H2,1-4H3,(H2,14,15,16);. The summed E-state index contributed by atoms with van der Waals surface area (Å²) < 4.78 is 11.8. The van der Waals surface area contributed by atoms with Crippen molar-refractivity contribution < 1.29 is 39.9 Å². The topological polar surface area (TPSA) is 77.8 Å². The molecule has 18 heavy (non-hydrogen) atoms. The molecule has 0 spiro atoms. The van der Waals surface area contributed by atoms with Crippen LogP contribution in [0.15, 0.2) is 11.3 Å². The third kappa shape index (κ3) is 4.47. The van der Waals surface area contributed by atoms with Crippen molar-refractivity contribution in [2.45, 2.75) is 65.0 Å². The molecule has 0 amide bonds. The van der Waals surface area contributed by atoms with Gasteiger partial charge in [0.2, 0.25) is 0 Å². The maximum Gasteiger partial charge on any atom is 0.335 e. The van der Waals surface area contributed by atoms with E-state index in [0.29, 0.717) is 24.8 Å². The Bertz CT molecular complexity index is 314. The van der Waals surface area contributed by atoms with Crippen LogP contribution in [0.25, 0.3) is 0 Å². The summed E-state index contributed by atoms with van der Waals surface area (Å²) in [6, 6.07) is 0. The van der Waals surface area contributed by atoms with E-state index in [-0.39, 0.29) is 26.2 Å². The summed E-state index contributed by atoms with van der Waals surface area (Å²) in [5.74, 6) is 0.0606. The van der Waals surface area contributed by atoms with Crippen molar-refractivity contribution in [2.24, 2.45) is 0 Å². The predicted molar refractivity (Wildman–Crippen MR) is 70.2 cm³/mol. The average molecular weight is 451 g/mol. The molecule has 0 aromatic carbocycles. The zero-order valence-corrected chi connectivity index (χ0v) is 15.2. The zero-order chi connectivity index (χ0) is 13.7. The van der Waals surface area contributed by atoms with Gasteiger partial charge in [-0.1, -0.05) is 27.2 Å². The van der Waals surface area contributed by atoms with Crippen LogP contribution < -0.4 is 0 Å². The second-order valence-electron chi connectivity index (χ2n) is 4.45. The number of aliphatic hydroxyl groups excluding tert-OH is 1. The molecule has 0 rings (SSSR count). The molecule has 0 unspecified atom stereocenters. The summed E-state index contributed by atoms with van der Waals surface area (Å²) in [6.45, 7) is 7.05. The van der Waals surface area contributed by atoms with E-state index in [9.17, 15) is 19.5 Å². The summed E-state index contributed by atoms with van der Waals surface area (Å²) in [5.41, 5.74) is 0.526. The van der Waals surface area contributed by atoms with E-state index in [4.69, 9.17) is 0 Å². The molecule has 0 aliphatic carbocycles. The van der Waals surface area contributed by atoms with Crippen molar-refractivity contribution in [3.05, 3.63) is 11.3 Å². The molecule has 6 heteroatoms. The van der Waals surface area contributed by atoms with Crippen molar-refractivity contribution in [3.8, 4) is 0 Å². The Labute approximate surface area is 124 Å². The molecule has 0 heterocycles. The Morgan fingerprint density at radius 1 is 1.17 bits per heavy atom. The van der Waals surface area contributed by atoms with E-state index >= 15 is 0 Å². The summed E-state index contributed by atoms with van der Waals surface area (Å²) in [6.07, 6.45) is 2.98. The van der Waals surface area contributed by atoms with Crippen LogP contribution >= 0.6 is 7.60 Å². The van der Waals surface area contributed by atoms with Gasteiger partial charge in [-0.3, -0.25) is 4.57 Å². The number of rotatable bonds is 7. The number of unbranched alkanes of at least 4 members (excludes halogenated alkanes) is 1. The maximum absolute atomic E-state index is 11.8. The molecule has 0 atom stereocenters. The van der Waals surface area contributed by atoms with Crippen LogP contribution in [0, 0.1) is 0 Å². The first-order valence-corrected chi connectivity index (χ1v) is 7.82. The van der Waals surface area contributed by atoms with E-state index < -0.39 is 12.8 Å². The average Bonchev–Trinajstić information content (AvgIpc) is 2.22. The number of aliphatic hydroxyl groups is 1. The van der Waals surface area contributed by atoms with Gasteiger partial charge in [0.1, 0.15) is 0 Å². The van der Waals surface area contributed by atoms with Crippen LogP contribution in [-0.2, 0) is 25.0 Å². The summed E-state index contributed by atoms with van der Waals surface area (Å²) in [4.78, 5) is 19.2. The largest absolute Gasteiger partial charge is 0.513 e. The van der Waals surface area contributed by atoms with Crippen LogP contribution in [0.5, 0.6) is 0 Å². The Morgan fingerprint density at radius 2 is 1.61 bits per heavy atom. The molecule has 0 fully saturated rings. The molecular weight excluding hydrogens is 425 g/mol. The van der Waals surface area contributed by atoms with Crippen molar-refractivity contribution in [2.75, 3.05) is 0 Å². The Balaban J connectivity index is 0. The number of hydrogen-bond donors (Lipinski definition) is 3. The van der Waals surface area contributed by atoms with Gasteiger partial charge in [-0.25, -0.2) is 0 Å². The van der Waals surface area contributed by atoms with E-state index in [1.54, 1.807) is 13.8 Å². The minimum atomic E-state index is -4.27. The third-order valence-corrected chi connectivity index (χ3v) is 5.52. The summed E-state index contributed by atoms with van der Waals surface area (Å²) >= 11 is 0. The van der Waals surface area contributed by atoms with Crippen molar-refractivity contribution in [3.63, 3.8) is 0 Å². The minimum absolute atomic E-state index is 0. The van der Waals surface area contributed by atoms with Crippen LogP contribution in [0.4, 0.5) is 0 Å². The van der Waals surface area contributed by atoms with Gasteiger partial charge in [0.25, 0.3) is 0 Å². The van der Waals surface area contributed by atoms with Gasteiger partial charge in [-0.05, 0) is 38.2 Å². The first kappa shape index (κ1) is 20.7. The molecule has 3 N–H and O–H groups in total. The molecule has 0 saturated heterocycles. The molecule has 0 saturated carbocycles. The summed E-state index contributed by atoms with van der Waals surface area (Å²) in [5, 5.41) is 8.54. The van der Waals surface area contributed by atoms with Crippen molar-refractivity contribution >= 4 is 7.60 Å². The second-order valence-corrected chi connectivity index (χ2v) is 6.39. The van der Waals surface area contributed by atoms with Crippen LogP contribution in [-0.4, -0.2) is 20.0 Å². The molecule has 0 aliphatic rings. The van der Waals surface area contributed by atoms with E-state index in [1.807, 2.05) is 6.92 Å². The zero-order valence-electron chi connectivity index (χ0n) is 11.6. The van der Waals surface area contributed by atoms with Crippen LogP contribution in [0.3, 0.4) is 0 Å². The molecule has 109 valence electrons. The van der Waals surface area contributed by atoms with Gasteiger partial charge in [-0.2, -0.15) is 0 Å². The smallest absolute Gasteiger partial charge is 0.335 e. The quantitative estimate of drug-likeness (QED) is 0.408. The fourth-order valence-corrected chi connectivity index (χ4v) is 3.82. The van der Waals surface area contributed by atoms with Crippen molar-refractivity contribution in [1.82, 2.24) is 0 Å². The fraction of sp³-hybridized carbons (Fsp3) is 0.833. The molecule has 0 aliphatic heterocycles. The molecule has 1 radical (unpaired) electrons. The minimum Gasteiger partial charge on any atom is -0.513 e. The Morgan fingerprint density at radius 3 is 1.83 bits per heavy atom. The molecule has 4 nitrogen and oxygen atoms in total. The molecule has 0 aromatic heterocycles. The van der Waals surface area contributed by atoms with E-state index in [0.717, 1.165) is 12.8 Å². The monoisotopic (exact) mass is 451 g/mol. The maximum atomic E-state index is 11.8. The number of hydrogen-bond acceptors (Lipinski definition) is 2. The van der Waals surface area contributed by atoms with Gasteiger partial charge in [-0.15, -0.1) is 0 Å². The first-order valence-electron chi connectivity index (χ1n) is 6.21. The van der Waals surface area contributed by atoms with Crippen LogP contribution in [0.1, 0.15) is 59.8 Å². The first-order chi connectivity index (χ1) is 7.76. The van der Waals surface area contributed by atoms with Gasteiger partial charge in [0.05, 0.1) is 10.9 Å². The normalized spacial score (nSPS) is 13.9. The van der Waals surface area contributed by atoms with E-state index in [2.05, 4.69) is 0 Å². The van der Waals surface area contributed by atoms with Gasteiger partial charge in [0, 0.05) is 20.4 Å². The second kappa shape index (κ2) is 8.51. The molecular formula is C12H25O4PRe. The summed E-state index contributed by atoms with van der Waals surface area (Å²) in [7, 11) is -4.27. The SMILES string of the molecule is CCCCC(=C(C)O)C(CC)(CC)P(=O)(O)O.[Re].